The fourth-order valence-corrected chi connectivity index (χ4v) is 2.01. The molecule has 1 N–H and O–H groups in total. The molecule has 1 unspecified atom stereocenters. The first-order valence-corrected chi connectivity index (χ1v) is 6.70. The van der Waals surface area contributed by atoms with E-state index in [4.69, 9.17) is 0 Å². The average Bonchev–Trinajstić information content (AvgIpc) is 2.94. The van der Waals surface area contributed by atoms with Gasteiger partial charge in [0.05, 0.1) is 6.33 Å². The summed E-state index contributed by atoms with van der Waals surface area (Å²) < 4.78 is 2.00. The van der Waals surface area contributed by atoms with Crippen LogP contribution in [0.3, 0.4) is 0 Å². The summed E-state index contributed by atoms with van der Waals surface area (Å²) in [5, 5.41) is 3.42. The minimum absolute atomic E-state index is 0.415. The standard InChI is InChI=1S/C16H21N3/c1-4-18-14(3)13(2)11-15-5-7-16(8-6-15)19-10-9-17-12-19/h5-12,14,18H,4H2,1-3H3/b13-11+. The summed E-state index contributed by atoms with van der Waals surface area (Å²) in [5.74, 6) is 0. The van der Waals surface area contributed by atoms with E-state index >= 15 is 0 Å². The van der Waals surface area contributed by atoms with Gasteiger partial charge in [0.1, 0.15) is 0 Å². The second kappa shape index (κ2) is 6.34. The summed E-state index contributed by atoms with van der Waals surface area (Å²) in [6.45, 7) is 7.47. The van der Waals surface area contributed by atoms with E-state index in [1.807, 2.05) is 17.1 Å². The van der Waals surface area contributed by atoms with Crippen LogP contribution in [0.15, 0.2) is 48.6 Å². The van der Waals surface area contributed by atoms with Crippen LogP contribution in [0.2, 0.25) is 0 Å². The van der Waals surface area contributed by atoms with Crippen molar-refractivity contribution in [2.45, 2.75) is 26.8 Å². The Morgan fingerprint density at radius 1 is 1.37 bits per heavy atom. The number of likely N-dealkylation sites (N-methyl/N-ethyl adjacent to an activating group) is 1. The van der Waals surface area contributed by atoms with Crippen molar-refractivity contribution in [3.63, 3.8) is 0 Å². The second-order valence-corrected chi connectivity index (χ2v) is 4.73. The van der Waals surface area contributed by atoms with Crippen LogP contribution in [0, 0.1) is 0 Å². The smallest absolute Gasteiger partial charge is 0.0991 e. The number of rotatable bonds is 5. The third-order valence-corrected chi connectivity index (χ3v) is 3.28. The molecule has 0 saturated carbocycles. The fourth-order valence-electron chi connectivity index (χ4n) is 2.01. The molecule has 1 aromatic carbocycles. The van der Waals surface area contributed by atoms with Crippen molar-refractivity contribution >= 4 is 6.08 Å². The van der Waals surface area contributed by atoms with Crippen molar-refractivity contribution in [2.75, 3.05) is 6.54 Å². The van der Waals surface area contributed by atoms with Gasteiger partial charge < -0.3 is 9.88 Å². The first kappa shape index (κ1) is 13.6. The highest BCUT2D eigenvalue weighted by Crippen LogP contribution is 2.13. The molecule has 100 valence electrons. The topological polar surface area (TPSA) is 29.9 Å². The van der Waals surface area contributed by atoms with E-state index in [1.165, 1.54) is 11.1 Å². The number of nitrogens with zero attached hydrogens (tertiary/aromatic N) is 2. The molecule has 1 heterocycles. The Hall–Kier alpha value is -1.87. The molecule has 0 radical (unpaired) electrons. The maximum atomic E-state index is 4.06. The molecule has 2 rings (SSSR count). The molecule has 1 atom stereocenters. The molecule has 0 aliphatic heterocycles. The van der Waals surface area contributed by atoms with Crippen LogP contribution in [-0.2, 0) is 0 Å². The summed E-state index contributed by atoms with van der Waals surface area (Å²) in [5.41, 5.74) is 3.70. The molecule has 3 heteroatoms. The third kappa shape index (κ3) is 3.55. The SMILES string of the molecule is CCNC(C)/C(C)=C/c1ccc(-n2ccnc2)cc1. The highest BCUT2D eigenvalue weighted by molar-refractivity contribution is 5.55. The summed E-state index contributed by atoms with van der Waals surface area (Å²) >= 11 is 0. The first-order chi connectivity index (χ1) is 9.20. The zero-order valence-electron chi connectivity index (χ0n) is 11.8. The predicted octanol–water partition coefficient (Wildman–Crippen LogP) is 3.27. The van der Waals surface area contributed by atoms with E-state index in [2.05, 4.69) is 61.4 Å². The van der Waals surface area contributed by atoms with Crippen molar-refractivity contribution in [3.05, 3.63) is 54.1 Å². The first-order valence-electron chi connectivity index (χ1n) is 6.70. The van der Waals surface area contributed by atoms with Gasteiger partial charge in [-0.25, -0.2) is 4.98 Å². The number of imidazole rings is 1. The van der Waals surface area contributed by atoms with E-state index in [0.29, 0.717) is 6.04 Å². The van der Waals surface area contributed by atoms with E-state index in [1.54, 1.807) is 6.20 Å². The van der Waals surface area contributed by atoms with Gasteiger partial charge in [0.25, 0.3) is 0 Å². The molecule has 0 amide bonds. The van der Waals surface area contributed by atoms with E-state index < -0.39 is 0 Å². The average molecular weight is 255 g/mol. The Balaban J connectivity index is 2.12. The summed E-state index contributed by atoms with van der Waals surface area (Å²) in [4.78, 5) is 4.06. The molecule has 3 nitrogen and oxygen atoms in total. The maximum Gasteiger partial charge on any atom is 0.0991 e. The van der Waals surface area contributed by atoms with Gasteiger partial charge in [-0.05, 0) is 38.1 Å². The molecule has 1 aromatic heterocycles. The number of hydrogen-bond donors (Lipinski definition) is 1. The molecule has 0 bridgehead atoms. The van der Waals surface area contributed by atoms with Crippen LogP contribution < -0.4 is 5.32 Å². The Labute approximate surface area is 115 Å². The van der Waals surface area contributed by atoms with Crippen LogP contribution in [0.1, 0.15) is 26.3 Å². The summed E-state index contributed by atoms with van der Waals surface area (Å²) in [6, 6.07) is 8.91. The number of aromatic nitrogens is 2. The molecule has 0 saturated heterocycles. The van der Waals surface area contributed by atoms with Crippen LogP contribution in [0.5, 0.6) is 0 Å². The van der Waals surface area contributed by atoms with Crippen molar-refractivity contribution in [2.24, 2.45) is 0 Å². The van der Waals surface area contributed by atoms with Gasteiger partial charge in [0, 0.05) is 24.1 Å². The normalized spacial score (nSPS) is 13.5. The minimum Gasteiger partial charge on any atom is -0.311 e. The van der Waals surface area contributed by atoms with Crippen molar-refractivity contribution in [3.8, 4) is 5.69 Å². The van der Waals surface area contributed by atoms with E-state index in [-0.39, 0.29) is 0 Å². The number of hydrogen-bond acceptors (Lipinski definition) is 2. The highest BCUT2D eigenvalue weighted by Gasteiger charge is 2.02. The number of benzene rings is 1. The predicted molar refractivity (Wildman–Crippen MR) is 80.4 cm³/mol. The van der Waals surface area contributed by atoms with Crippen LogP contribution in [0.4, 0.5) is 0 Å². The second-order valence-electron chi connectivity index (χ2n) is 4.73. The van der Waals surface area contributed by atoms with Crippen LogP contribution >= 0.6 is 0 Å². The molecule has 0 spiro atoms. The molecule has 0 aliphatic carbocycles. The lowest BCUT2D eigenvalue weighted by Crippen LogP contribution is -2.26. The Morgan fingerprint density at radius 3 is 2.68 bits per heavy atom. The molecule has 0 aliphatic rings. The zero-order valence-corrected chi connectivity index (χ0v) is 11.8. The van der Waals surface area contributed by atoms with Crippen molar-refractivity contribution in [1.29, 1.82) is 0 Å². The monoisotopic (exact) mass is 255 g/mol. The Kier molecular flexibility index (Phi) is 4.53. The summed E-state index contributed by atoms with van der Waals surface area (Å²) in [7, 11) is 0. The van der Waals surface area contributed by atoms with Crippen LogP contribution in [0.25, 0.3) is 11.8 Å². The molecule has 19 heavy (non-hydrogen) atoms. The molecule has 2 aromatic rings. The van der Waals surface area contributed by atoms with Gasteiger partial charge in [0.2, 0.25) is 0 Å². The number of nitrogens with one attached hydrogen (secondary N) is 1. The van der Waals surface area contributed by atoms with Gasteiger partial charge in [0.15, 0.2) is 0 Å². The lowest BCUT2D eigenvalue weighted by Gasteiger charge is -2.13. The van der Waals surface area contributed by atoms with Gasteiger partial charge in [-0.3, -0.25) is 0 Å². The quantitative estimate of drug-likeness (QED) is 0.888. The molecular weight excluding hydrogens is 234 g/mol. The zero-order chi connectivity index (χ0) is 13.7. The largest absolute Gasteiger partial charge is 0.311 e. The van der Waals surface area contributed by atoms with E-state index in [0.717, 1.165) is 12.2 Å². The fraction of sp³-hybridized carbons (Fsp3) is 0.312. The van der Waals surface area contributed by atoms with Crippen LogP contribution in [-0.4, -0.2) is 22.1 Å². The third-order valence-electron chi connectivity index (χ3n) is 3.28. The van der Waals surface area contributed by atoms with Crippen molar-refractivity contribution in [1.82, 2.24) is 14.9 Å². The van der Waals surface area contributed by atoms with E-state index in [9.17, 15) is 0 Å². The highest BCUT2D eigenvalue weighted by atomic mass is 15.0. The lowest BCUT2D eigenvalue weighted by molar-refractivity contribution is 0.636. The summed E-state index contributed by atoms with van der Waals surface area (Å²) in [6.07, 6.45) is 7.77. The molecular formula is C16H21N3. The molecule has 0 fully saturated rings. The van der Waals surface area contributed by atoms with Crippen molar-refractivity contribution < 1.29 is 0 Å². The minimum atomic E-state index is 0.415. The van der Waals surface area contributed by atoms with Gasteiger partial charge in [-0.1, -0.05) is 30.7 Å². The Bertz CT molecular complexity index is 524. The van der Waals surface area contributed by atoms with Gasteiger partial charge in [-0.15, -0.1) is 0 Å². The lowest BCUT2D eigenvalue weighted by atomic mass is 10.1. The maximum absolute atomic E-state index is 4.06. The van der Waals surface area contributed by atoms with Gasteiger partial charge in [-0.2, -0.15) is 0 Å². The Morgan fingerprint density at radius 2 is 2.11 bits per heavy atom. The van der Waals surface area contributed by atoms with Gasteiger partial charge >= 0.3 is 0 Å².